The summed E-state index contributed by atoms with van der Waals surface area (Å²) in [6.07, 6.45) is 3.65. The Hall–Kier alpha value is -2.43. The van der Waals surface area contributed by atoms with Crippen molar-refractivity contribution in [3.63, 3.8) is 0 Å². The third-order valence-corrected chi connectivity index (χ3v) is 5.82. The summed E-state index contributed by atoms with van der Waals surface area (Å²) in [6.45, 7) is 0. The van der Waals surface area contributed by atoms with Gasteiger partial charge in [0.25, 0.3) is 0 Å². The van der Waals surface area contributed by atoms with Gasteiger partial charge in [-0.3, -0.25) is 4.98 Å². The van der Waals surface area contributed by atoms with Crippen LogP contribution in [0.2, 0.25) is 0 Å². The molecule has 3 aromatic carbocycles. The summed E-state index contributed by atoms with van der Waals surface area (Å²) in [7, 11) is 0. The van der Waals surface area contributed by atoms with Crippen LogP contribution in [0.4, 0.5) is 0 Å². The van der Waals surface area contributed by atoms with Gasteiger partial charge in [-0.2, -0.15) is 0 Å². The van der Waals surface area contributed by atoms with Crippen molar-refractivity contribution in [2.24, 2.45) is 0 Å². The van der Waals surface area contributed by atoms with Crippen molar-refractivity contribution in [3.05, 3.63) is 94.1 Å². The van der Waals surface area contributed by atoms with E-state index in [1.165, 1.54) is 32.9 Å². The average molecular weight is 478 g/mol. The van der Waals surface area contributed by atoms with Crippen molar-refractivity contribution >= 4 is 53.7 Å². The first kappa shape index (κ1) is 16.7. The number of hydrogen-bond acceptors (Lipinski definition) is 1. The van der Waals surface area contributed by atoms with E-state index in [0.717, 1.165) is 14.6 Å². The number of aromatic nitrogens is 2. The highest BCUT2D eigenvalue weighted by Gasteiger charge is 2.13. The van der Waals surface area contributed by atoms with E-state index in [1.54, 1.807) is 0 Å². The van der Waals surface area contributed by atoms with E-state index >= 15 is 0 Å². The lowest BCUT2D eigenvalue weighted by atomic mass is 10.1. The number of rotatable bonds is 2. The molecule has 0 aliphatic carbocycles. The molecule has 2 nitrogen and oxygen atoms in total. The van der Waals surface area contributed by atoms with Crippen LogP contribution in [0.25, 0.3) is 38.6 Å². The second kappa shape index (κ2) is 6.63. The largest absolute Gasteiger partial charge is 0.309 e. The van der Waals surface area contributed by atoms with E-state index in [0.29, 0.717) is 0 Å². The number of halogens is 2. The number of pyridine rings is 1. The van der Waals surface area contributed by atoms with Crippen LogP contribution in [-0.2, 0) is 0 Å². The molecule has 0 unspecified atom stereocenters. The van der Waals surface area contributed by atoms with Crippen LogP contribution >= 0.6 is 31.9 Å². The second-order valence-electron chi connectivity index (χ2n) is 6.44. The van der Waals surface area contributed by atoms with Crippen molar-refractivity contribution in [2.45, 2.75) is 0 Å². The third kappa shape index (κ3) is 2.89. The molecule has 0 atom stereocenters. The fourth-order valence-corrected chi connectivity index (χ4v) is 4.29. The van der Waals surface area contributed by atoms with E-state index < -0.39 is 0 Å². The number of nitrogens with zero attached hydrogens (tertiary/aromatic N) is 2. The second-order valence-corrected chi connectivity index (χ2v) is 8.27. The van der Waals surface area contributed by atoms with Gasteiger partial charge in [0.05, 0.1) is 11.0 Å². The van der Waals surface area contributed by atoms with Crippen LogP contribution in [0, 0.1) is 0 Å². The highest BCUT2D eigenvalue weighted by Crippen LogP contribution is 2.35. The molecule has 27 heavy (non-hydrogen) atoms. The summed E-state index contributed by atoms with van der Waals surface area (Å²) in [5.41, 5.74) is 5.88. The van der Waals surface area contributed by atoms with Crippen LogP contribution in [0.15, 0.2) is 94.1 Å². The summed E-state index contributed by atoms with van der Waals surface area (Å²) in [5.74, 6) is 0. The first-order valence-corrected chi connectivity index (χ1v) is 10.2. The molecule has 0 radical (unpaired) electrons. The molecule has 0 aliphatic rings. The predicted octanol–water partition coefficient (Wildman–Crippen LogP) is 7.37. The van der Waals surface area contributed by atoms with Crippen LogP contribution in [0.5, 0.6) is 0 Å². The number of fused-ring (bicyclic) bond motifs is 3. The maximum atomic E-state index is 4.10. The fourth-order valence-electron chi connectivity index (χ4n) is 3.59. The highest BCUT2D eigenvalue weighted by molar-refractivity contribution is 9.10. The SMILES string of the molecule is Brc1ccc2c3ccc(Br)cc3n(-c3ccc(-c4ccncc4)cc3)c2c1. The van der Waals surface area contributed by atoms with Crippen molar-refractivity contribution in [3.8, 4) is 16.8 Å². The minimum Gasteiger partial charge on any atom is -0.309 e. The molecule has 130 valence electrons. The van der Waals surface area contributed by atoms with Gasteiger partial charge in [-0.1, -0.05) is 56.1 Å². The number of benzene rings is 3. The smallest absolute Gasteiger partial charge is 0.0552 e. The molecule has 0 N–H and O–H groups in total. The van der Waals surface area contributed by atoms with Crippen molar-refractivity contribution < 1.29 is 0 Å². The lowest BCUT2D eigenvalue weighted by molar-refractivity contribution is 1.18. The Balaban J connectivity index is 1.76. The van der Waals surface area contributed by atoms with Gasteiger partial charge < -0.3 is 4.57 Å². The quantitative estimate of drug-likeness (QED) is 0.259. The zero-order chi connectivity index (χ0) is 18.4. The first-order valence-electron chi connectivity index (χ1n) is 8.61. The predicted molar refractivity (Wildman–Crippen MR) is 119 cm³/mol. The van der Waals surface area contributed by atoms with Crippen LogP contribution in [0.3, 0.4) is 0 Å². The Morgan fingerprint density at radius 2 is 1.11 bits per heavy atom. The molecule has 0 spiro atoms. The average Bonchev–Trinajstić information content (AvgIpc) is 3.01. The van der Waals surface area contributed by atoms with Gasteiger partial charge >= 0.3 is 0 Å². The van der Waals surface area contributed by atoms with Crippen LogP contribution < -0.4 is 0 Å². The molecule has 0 saturated heterocycles. The van der Waals surface area contributed by atoms with Gasteiger partial charge in [0.1, 0.15) is 0 Å². The van der Waals surface area contributed by atoms with Gasteiger partial charge in [-0.25, -0.2) is 0 Å². The van der Waals surface area contributed by atoms with Gasteiger partial charge in [-0.15, -0.1) is 0 Å². The molecule has 0 amide bonds. The van der Waals surface area contributed by atoms with E-state index in [-0.39, 0.29) is 0 Å². The molecule has 0 fully saturated rings. The lowest BCUT2D eigenvalue weighted by Gasteiger charge is -2.10. The molecule has 5 aromatic rings. The Kier molecular flexibility index (Phi) is 4.10. The maximum Gasteiger partial charge on any atom is 0.0552 e. The minimum absolute atomic E-state index is 1.08. The van der Waals surface area contributed by atoms with Gasteiger partial charge in [0.15, 0.2) is 0 Å². The van der Waals surface area contributed by atoms with Crippen molar-refractivity contribution in [1.29, 1.82) is 0 Å². The van der Waals surface area contributed by atoms with E-state index in [4.69, 9.17) is 0 Å². The summed E-state index contributed by atoms with van der Waals surface area (Å²) < 4.78 is 4.47. The van der Waals surface area contributed by atoms with E-state index in [2.05, 4.69) is 102 Å². The van der Waals surface area contributed by atoms with Gasteiger partial charge in [0.2, 0.25) is 0 Å². The van der Waals surface area contributed by atoms with Gasteiger partial charge in [-0.05, 0) is 59.7 Å². The summed E-state index contributed by atoms with van der Waals surface area (Å²) in [4.78, 5) is 4.10. The summed E-state index contributed by atoms with van der Waals surface area (Å²) in [5, 5.41) is 2.50. The lowest BCUT2D eigenvalue weighted by Crippen LogP contribution is -1.93. The molecule has 0 saturated carbocycles. The molecular weight excluding hydrogens is 464 g/mol. The first-order chi connectivity index (χ1) is 13.2. The van der Waals surface area contributed by atoms with Crippen LogP contribution in [-0.4, -0.2) is 9.55 Å². The van der Waals surface area contributed by atoms with Crippen LogP contribution in [0.1, 0.15) is 0 Å². The highest BCUT2D eigenvalue weighted by atomic mass is 79.9. The monoisotopic (exact) mass is 476 g/mol. The normalized spacial score (nSPS) is 11.3. The fraction of sp³-hybridized carbons (Fsp3) is 0. The molecule has 0 bridgehead atoms. The van der Waals surface area contributed by atoms with Crippen molar-refractivity contribution in [1.82, 2.24) is 9.55 Å². The van der Waals surface area contributed by atoms with E-state index in [9.17, 15) is 0 Å². The van der Waals surface area contributed by atoms with Gasteiger partial charge in [0, 0.05) is 37.8 Å². The summed E-state index contributed by atoms with van der Waals surface area (Å²) in [6, 6.07) is 25.7. The molecule has 2 aromatic heterocycles. The Morgan fingerprint density at radius 1 is 0.593 bits per heavy atom. The minimum atomic E-state index is 1.08. The molecule has 4 heteroatoms. The Morgan fingerprint density at radius 3 is 1.67 bits per heavy atom. The van der Waals surface area contributed by atoms with E-state index in [1.807, 2.05) is 24.5 Å². The molecule has 0 aliphatic heterocycles. The maximum absolute atomic E-state index is 4.10. The zero-order valence-corrected chi connectivity index (χ0v) is 17.4. The van der Waals surface area contributed by atoms with Crippen molar-refractivity contribution in [2.75, 3.05) is 0 Å². The number of hydrogen-bond donors (Lipinski definition) is 0. The topological polar surface area (TPSA) is 17.8 Å². The zero-order valence-electron chi connectivity index (χ0n) is 14.2. The molecular formula is C23H14Br2N2. The molecule has 5 rings (SSSR count). The standard InChI is InChI=1S/C23H14Br2N2/c24-17-3-7-20-21-8-4-18(25)14-23(21)27(22(20)13-17)19-5-1-15(2-6-19)16-9-11-26-12-10-16/h1-14H. The third-order valence-electron chi connectivity index (χ3n) is 4.83. The molecule has 2 heterocycles. The summed E-state index contributed by atoms with van der Waals surface area (Å²) >= 11 is 7.25. The Labute approximate surface area is 173 Å². The Bertz CT molecular complexity index is 1210.